The first-order valence-electron chi connectivity index (χ1n) is 9.78. The number of halogens is 1. The van der Waals surface area contributed by atoms with E-state index in [4.69, 9.17) is 21.1 Å². The van der Waals surface area contributed by atoms with Crippen LogP contribution in [-0.2, 0) is 11.3 Å². The monoisotopic (exact) mass is 451 g/mol. The molecule has 8 heteroatoms. The van der Waals surface area contributed by atoms with Crippen LogP contribution in [0.3, 0.4) is 0 Å². The number of anilines is 1. The topological polar surface area (TPSA) is 64.6 Å². The molecule has 2 aromatic heterocycles. The van der Waals surface area contributed by atoms with Crippen LogP contribution in [0.2, 0.25) is 5.02 Å². The Kier molecular flexibility index (Phi) is 5.21. The lowest BCUT2D eigenvalue weighted by molar-refractivity contribution is -0.130. The third kappa shape index (κ3) is 3.94. The van der Waals surface area contributed by atoms with E-state index < -0.39 is 12.2 Å². The second-order valence-electron chi connectivity index (χ2n) is 7.16. The Bertz CT molecular complexity index is 1250. The first-order valence-corrected chi connectivity index (χ1v) is 11.0. The predicted octanol–water partition coefficient (Wildman–Crippen LogP) is 5.11. The maximum absolute atomic E-state index is 13.7. The van der Waals surface area contributed by atoms with Gasteiger partial charge in [-0.3, -0.25) is 14.7 Å². The first-order chi connectivity index (χ1) is 15.1. The third-order valence-electron chi connectivity index (χ3n) is 4.97. The predicted molar refractivity (Wildman–Crippen MR) is 121 cm³/mol. The minimum absolute atomic E-state index is 0.238. The summed E-state index contributed by atoms with van der Waals surface area (Å²) in [6, 6.07) is 18.4. The normalized spacial score (nSPS) is 17.5. The van der Waals surface area contributed by atoms with E-state index in [0.717, 1.165) is 15.9 Å². The van der Waals surface area contributed by atoms with Gasteiger partial charge >= 0.3 is 0 Å². The van der Waals surface area contributed by atoms with Crippen molar-refractivity contribution >= 4 is 44.2 Å². The van der Waals surface area contributed by atoms with E-state index in [2.05, 4.69) is 9.97 Å². The zero-order chi connectivity index (χ0) is 21.4. The summed E-state index contributed by atoms with van der Waals surface area (Å²) in [4.78, 5) is 24.4. The first kappa shape index (κ1) is 19.8. The van der Waals surface area contributed by atoms with Crippen molar-refractivity contribution in [2.24, 2.45) is 0 Å². The molecule has 2 aromatic carbocycles. The van der Waals surface area contributed by atoms with Gasteiger partial charge in [0, 0.05) is 11.2 Å². The lowest BCUT2D eigenvalue weighted by Crippen LogP contribution is -2.50. The van der Waals surface area contributed by atoms with Gasteiger partial charge in [0.15, 0.2) is 16.6 Å². The van der Waals surface area contributed by atoms with Gasteiger partial charge in [-0.25, -0.2) is 4.98 Å². The smallest absolute Gasteiger partial charge is 0.274 e. The van der Waals surface area contributed by atoms with Crippen LogP contribution in [0, 0.1) is 0 Å². The highest BCUT2D eigenvalue weighted by Gasteiger charge is 2.38. The number of hydrogen-bond donors (Lipinski definition) is 0. The fourth-order valence-electron chi connectivity index (χ4n) is 3.44. The fraction of sp³-hybridized carbons (Fsp3) is 0.174. The fourth-order valence-corrected chi connectivity index (χ4v) is 4.69. The Hall–Kier alpha value is -3.16. The maximum atomic E-state index is 13.7. The van der Waals surface area contributed by atoms with E-state index in [1.165, 1.54) is 11.3 Å². The van der Waals surface area contributed by atoms with Crippen molar-refractivity contribution in [2.45, 2.75) is 25.7 Å². The average Bonchev–Trinajstić information content (AvgIpc) is 3.20. The molecule has 156 valence electrons. The lowest BCUT2D eigenvalue weighted by Gasteiger charge is -2.33. The van der Waals surface area contributed by atoms with E-state index in [1.807, 2.05) is 55.5 Å². The third-order valence-corrected chi connectivity index (χ3v) is 6.24. The molecule has 4 aromatic rings. The van der Waals surface area contributed by atoms with Crippen LogP contribution in [-0.4, -0.2) is 28.1 Å². The number of para-hydroxylation sites is 2. The molecular weight excluding hydrogens is 434 g/mol. The Morgan fingerprint density at radius 1 is 1.10 bits per heavy atom. The van der Waals surface area contributed by atoms with Gasteiger partial charge in [0.05, 0.1) is 22.5 Å². The van der Waals surface area contributed by atoms with Crippen molar-refractivity contribution < 1.29 is 14.3 Å². The molecule has 1 aliphatic heterocycles. The number of hydrogen-bond acceptors (Lipinski definition) is 6. The summed E-state index contributed by atoms with van der Waals surface area (Å²) < 4.78 is 12.9. The summed E-state index contributed by atoms with van der Waals surface area (Å²) in [7, 11) is 0. The molecule has 2 atom stereocenters. The number of amides is 1. The summed E-state index contributed by atoms with van der Waals surface area (Å²) in [5.74, 6) is 0.940. The van der Waals surface area contributed by atoms with Crippen LogP contribution in [0.5, 0.6) is 11.5 Å². The Labute approximate surface area is 188 Å². The molecule has 1 aliphatic rings. The molecule has 0 bridgehead atoms. The van der Waals surface area contributed by atoms with Gasteiger partial charge in [-0.2, -0.15) is 0 Å². The van der Waals surface area contributed by atoms with Crippen LogP contribution < -0.4 is 14.4 Å². The van der Waals surface area contributed by atoms with E-state index in [-0.39, 0.29) is 12.5 Å². The number of benzene rings is 2. The molecule has 0 saturated carbocycles. The minimum Gasteiger partial charge on any atom is -0.482 e. The van der Waals surface area contributed by atoms with Crippen molar-refractivity contribution in [3.63, 3.8) is 0 Å². The van der Waals surface area contributed by atoms with E-state index in [9.17, 15) is 4.79 Å². The summed E-state index contributed by atoms with van der Waals surface area (Å²) in [5.41, 5.74) is 1.53. The van der Waals surface area contributed by atoms with Gasteiger partial charge in [0.2, 0.25) is 6.10 Å². The molecule has 0 N–H and O–H groups in total. The SMILES string of the molecule is CC1Oc2ccccc2OC1C(=O)N(Cc1ccccn1)c1nc2ccc(Cl)cc2s1. The molecule has 0 spiro atoms. The summed E-state index contributed by atoms with van der Waals surface area (Å²) in [5, 5.41) is 1.18. The standard InChI is InChI=1S/C23H18ClN3O3S/c1-14-21(30-19-8-3-2-7-18(19)29-14)22(28)27(13-16-6-4-5-11-25-16)23-26-17-10-9-15(24)12-20(17)31-23/h2-12,14,21H,13H2,1H3. The molecule has 0 fully saturated rings. The van der Waals surface area contributed by atoms with Crippen molar-refractivity contribution in [1.29, 1.82) is 0 Å². The van der Waals surface area contributed by atoms with E-state index >= 15 is 0 Å². The molecule has 6 nitrogen and oxygen atoms in total. The minimum atomic E-state index is -0.811. The van der Waals surface area contributed by atoms with E-state index in [1.54, 1.807) is 23.2 Å². The lowest BCUT2D eigenvalue weighted by atomic mass is 10.1. The van der Waals surface area contributed by atoms with Crippen molar-refractivity contribution in [3.05, 3.63) is 77.6 Å². The van der Waals surface area contributed by atoms with Crippen LogP contribution in [0.4, 0.5) is 5.13 Å². The largest absolute Gasteiger partial charge is 0.482 e. The summed E-state index contributed by atoms with van der Waals surface area (Å²) in [6.07, 6.45) is 0.432. The zero-order valence-electron chi connectivity index (χ0n) is 16.6. The van der Waals surface area contributed by atoms with Gasteiger partial charge < -0.3 is 9.47 Å². The molecular formula is C23H18ClN3O3S. The molecule has 3 heterocycles. The highest BCUT2D eigenvalue weighted by molar-refractivity contribution is 7.22. The average molecular weight is 452 g/mol. The molecule has 5 rings (SSSR count). The van der Waals surface area contributed by atoms with Gasteiger partial charge in [0.25, 0.3) is 5.91 Å². The van der Waals surface area contributed by atoms with Crippen molar-refractivity contribution in [2.75, 3.05) is 4.90 Å². The number of pyridine rings is 1. The molecule has 0 saturated heterocycles. The van der Waals surface area contributed by atoms with Crippen LogP contribution in [0.25, 0.3) is 10.2 Å². The summed E-state index contributed by atoms with van der Waals surface area (Å²) >= 11 is 7.54. The number of carbonyl (C=O) groups is 1. The van der Waals surface area contributed by atoms with E-state index in [0.29, 0.717) is 21.7 Å². The van der Waals surface area contributed by atoms with Gasteiger partial charge in [0.1, 0.15) is 6.10 Å². The summed E-state index contributed by atoms with van der Waals surface area (Å²) in [6.45, 7) is 2.09. The Morgan fingerprint density at radius 2 is 1.87 bits per heavy atom. The number of aromatic nitrogens is 2. The molecule has 0 aliphatic carbocycles. The quantitative estimate of drug-likeness (QED) is 0.431. The second kappa shape index (κ2) is 8.17. The Morgan fingerprint density at radius 3 is 2.65 bits per heavy atom. The molecule has 0 radical (unpaired) electrons. The number of fused-ring (bicyclic) bond motifs is 2. The highest BCUT2D eigenvalue weighted by Crippen LogP contribution is 2.36. The maximum Gasteiger partial charge on any atom is 0.274 e. The van der Waals surface area contributed by atoms with Crippen LogP contribution in [0.1, 0.15) is 12.6 Å². The van der Waals surface area contributed by atoms with Gasteiger partial charge in [-0.1, -0.05) is 41.1 Å². The number of nitrogens with zero attached hydrogens (tertiary/aromatic N) is 3. The van der Waals surface area contributed by atoms with Gasteiger partial charge in [-0.05, 0) is 49.4 Å². The molecule has 1 amide bonds. The van der Waals surface area contributed by atoms with Gasteiger partial charge in [-0.15, -0.1) is 0 Å². The second-order valence-corrected chi connectivity index (χ2v) is 8.61. The van der Waals surface area contributed by atoms with Crippen molar-refractivity contribution in [1.82, 2.24) is 9.97 Å². The number of thiazole rings is 1. The van der Waals surface area contributed by atoms with Crippen molar-refractivity contribution in [3.8, 4) is 11.5 Å². The van der Waals surface area contributed by atoms with Crippen LogP contribution >= 0.6 is 22.9 Å². The number of rotatable bonds is 4. The number of ether oxygens (including phenoxy) is 2. The molecule has 31 heavy (non-hydrogen) atoms. The Balaban J connectivity index is 1.52. The highest BCUT2D eigenvalue weighted by atomic mass is 35.5. The van der Waals surface area contributed by atoms with Crippen LogP contribution in [0.15, 0.2) is 66.9 Å². The molecule has 2 unspecified atom stereocenters. The zero-order valence-corrected chi connectivity index (χ0v) is 18.1. The number of carbonyl (C=O) groups excluding carboxylic acids is 1.